The lowest BCUT2D eigenvalue weighted by atomic mass is 9.96. The highest BCUT2D eigenvalue weighted by molar-refractivity contribution is 5.87. The summed E-state index contributed by atoms with van der Waals surface area (Å²) in [5.41, 5.74) is 6.61. The summed E-state index contributed by atoms with van der Waals surface area (Å²) in [6.45, 7) is 4.15. The zero-order valence-electron chi connectivity index (χ0n) is 15.5. The van der Waals surface area contributed by atoms with Crippen LogP contribution in [0.4, 0.5) is 0 Å². The monoisotopic (exact) mass is 354 g/mol. The summed E-state index contributed by atoms with van der Waals surface area (Å²) in [6.07, 6.45) is -0.487. The Kier molecular flexibility index (Phi) is 4.76. The first-order valence-electron chi connectivity index (χ1n) is 9.11. The van der Waals surface area contributed by atoms with Crippen molar-refractivity contribution in [3.8, 4) is 11.1 Å². The van der Waals surface area contributed by atoms with Gasteiger partial charge in [0.1, 0.15) is 6.10 Å². The lowest BCUT2D eigenvalue weighted by Crippen LogP contribution is -2.03. The van der Waals surface area contributed by atoms with E-state index in [1.54, 1.807) is 0 Å². The Morgan fingerprint density at radius 3 is 1.78 bits per heavy atom. The first kappa shape index (κ1) is 17.5. The van der Waals surface area contributed by atoms with Gasteiger partial charge in [-0.3, -0.25) is 5.26 Å². The normalized spacial score (nSPS) is 12.3. The predicted molar refractivity (Wildman–Crippen MR) is 111 cm³/mol. The SMILES string of the molecule is Cc1ccc(C(OO)c2ccc(-c3ccc4cc(C)ccc4c3)cc2)cc1. The summed E-state index contributed by atoms with van der Waals surface area (Å²) >= 11 is 0. The minimum atomic E-state index is -0.487. The van der Waals surface area contributed by atoms with Crippen molar-refractivity contribution >= 4 is 10.8 Å². The Bertz CT molecular complexity index is 1060. The summed E-state index contributed by atoms with van der Waals surface area (Å²) in [7, 11) is 0. The van der Waals surface area contributed by atoms with Gasteiger partial charge >= 0.3 is 0 Å². The van der Waals surface area contributed by atoms with Gasteiger partial charge in [-0.1, -0.05) is 90.0 Å². The van der Waals surface area contributed by atoms with Crippen LogP contribution in [0, 0.1) is 13.8 Å². The molecule has 0 aliphatic heterocycles. The standard InChI is InChI=1S/C25H22O2/c1-17-3-6-20(7-4-17)25(27-26)21-11-9-19(10-12-21)23-14-13-22-15-18(2)5-8-24(22)16-23/h3-16,25-26H,1-2H3. The van der Waals surface area contributed by atoms with Crippen molar-refractivity contribution in [2.24, 2.45) is 0 Å². The van der Waals surface area contributed by atoms with Crippen LogP contribution in [0.3, 0.4) is 0 Å². The van der Waals surface area contributed by atoms with E-state index in [-0.39, 0.29) is 0 Å². The summed E-state index contributed by atoms with van der Waals surface area (Å²) in [6, 6.07) is 29.2. The molecule has 4 aromatic carbocycles. The summed E-state index contributed by atoms with van der Waals surface area (Å²) in [5.74, 6) is 0. The van der Waals surface area contributed by atoms with Gasteiger partial charge in [-0.15, -0.1) is 0 Å². The van der Waals surface area contributed by atoms with Gasteiger partial charge in [0, 0.05) is 0 Å². The number of hydrogen-bond acceptors (Lipinski definition) is 2. The molecule has 1 unspecified atom stereocenters. The molecule has 0 aliphatic rings. The van der Waals surface area contributed by atoms with Crippen LogP contribution in [0.15, 0.2) is 84.9 Å². The van der Waals surface area contributed by atoms with Crippen LogP contribution in [0.25, 0.3) is 21.9 Å². The third-order valence-corrected chi connectivity index (χ3v) is 5.03. The Morgan fingerprint density at radius 1 is 0.593 bits per heavy atom. The van der Waals surface area contributed by atoms with E-state index in [0.29, 0.717) is 0 Å². The molecule has 0 heterocycles. The lowest BCUT2D eigenvalue weighted by Gasteiger charge is -2.15. The molecule has 134 valence electrons. The van der Waals surface area contributed by atoms with Crippen molar-refractivity contribution in [1.82, 2.24) is 0 Å². The number of rotatable bonds is 4. The topological polar surface area (TPSA) is 29.5 Å². The van der Waals surface area contributed by atoms with Gasteiger partial charge in [0.15, 0.2) is 0 Å². The molecule has 0 bridgehead atoms. The molecule has 0 spiro atoms. The average Bonchev–Trinajstić information content (AvgIpc) is 2.70. The van der Waals surface area contributed by atoms with Gasteiger partial charge < -0.3 is 0 Å². The molecule has 2 heteroatoms. The molecule has 4 aromatic rings. The highest BCUT2D eigenvalue weighted by Gasteiger charge is 2.15. The molecule has 0 aliphatic carbocycles. The van der Waals surface area contributed by atoms with E-state index < -0.39 is 6.10 Å². The van der Waals surface area contributed by atoms with E-state index in [2.05, 4.69) is 55.5 Å². The van der Waals surface area contributed by atoms with Crippen LogP contribution in [0.2, 0.25) is 0 Å². The minimum absolute atomic E-state index is 0.487. The van der Waals surface area contributed by atoms with Crippen molar-refractivity contribution < 1.29 is 10.1 Å². The van der Waals surface area contributed by atoms with E-state index >= 15 is 0 Å². The molecule has 0 amide bonds. The van der Waals surface area contributed by atoms with Crippen LogP contribution in [-0.4, -0.2) is 5.26 Å². The fraction of sp³-hybridized carbons (Fsp3) is 0.120. The third kappa shape index (κ3) is 3.63. The molecule has 0 radical (unpaired) electrons. The van der Waals surface area contributed by atoms with Crippen molar-refractivity contribution in [3.63, 3.8) is 0 Å². The molecule has 0 fully saturated rings. The smallest absolute Gasteiger partial charge is 0.143 e. The van der Waals surface area contributed by atoms with Crippen LogP contribution in [-0.2, 0) is 4.89 Å². The van der Waals surface area contributed by atoms with Crippen molar-refractivity contribution in [2.45, 2.75) is 20.0 Å². The van der Waals surface area contributed by atoms with Crippen molar-refractivity contribution in [1.29, 1.82) is 0 Å². The van der Waals surface area contributed by atoms with Crippen LogP contribution in [0.5, 0.6) is 0 Å². The summed E-state index contributed by atoms with van der Waals surface area (Å²) in [4.78, 5) is 4.78. The minimum Gasteiger partial charge on any atom is -0.251 e. The first-order valence-corrected chi connectivity index (χ1v) is 9.11. The van der Waals surface area contributed by atoms with E-state index in [0.717, 1.165) is 16.7 Å². The molecule has 27 heavy (non-hydrogen) atoms. The number of hydrogen-bond donors (Lipinski definition) is 1. The number of benzene rings is 4. The van der Waals surface area contributed by atoms with E-state index in [4.69, 9.17) is 4.89 Å². The largest absolute Gasteiger partial charge is 0.251 e. The molecule has 0 saturated heterocycles. The second kappa shape index (κ2) is 7.36. The van der Waals surface area contributed by atoms with Crippen LogP contribution >= 0.6 is 0 Å². The third-order valence-electron chi connectivity index (χ3n) is 5.03. The Morgan fingerprint density at radius 2 is 1.11 bits per heavy atom. The van der Waals surface area contributed by atoms with Gasteiger partial charge in [-0.25, -0.2) is 4.89 Å². The maximum Gasteiger partial charge on any atom is 0.143 e. The Balaban J connectivity index is 1.65. The quantitative estimate of drug-likeness (QED) is 0.326. The zero-order chi connectivity index (χ0) is 18.8. The Labute approximate surface area is 159 Å². The second-order valence-corrected chi connectivity index (χ2v) is 7.08. The maximum absolute atomic E-state index is 9.43. The fourth-order valence-electron chi connectivity index (χ4n) is 3.45. The molecular weight excluding hydrogens is 332 g/mol. The average molecular weight is 354 g/mol. The molecule has 1 N–H and O–H groups in total. The second-order valence-electron chi connectivity index (χ2n) is 7.08. The zero-order valence-corrected chi connectivity index (χ0v) is 15.5. The molecule has 1 atom stereocenters. The Hall–Kier alpha value is -2.94. The lowest BCUT2D eigenvalue weighted by molar-refractivity contribution is -0.270. The molecule has 4 rings (SSSR count). The molecular formula is C25H22O2. The molecule has 0 saturated carbocycles. The number of aryl methyl sites for hydroxylation is 2. The van der Waals surface area contributed by atoms with Gasteiger partial charge in [-0.2, -0.15) is 0 Å². The maximum atomic E-state index is 9.43. The van der Waals surface area contributed by atoms with Gasteiger partial charge in [0.2, 0.25) is 0 Å². The predicted octanol–water partition coefficient (Wildman–Crippen LogP) is 6.70. The van der Waals surface area contributed by atoms with Gasteiger partial charge in [0.25, 0.3) is 0 Å². The van der Waals surface area contributed by atoms with Crippen LogP contribution < -0.4 is 0 Å². The highest BCUT2D eigenvalue weighted by Crippen LogP contribution is 2.29. The van der Waals surface area contributed by atoms with E-state index in [9.17, 15) is 5.26 Å². The number of fused-ring (bicyclic) bond motifs is 1. The molecule has 2 nitrogen and oxygen atoms in total. The van der Waals surface area contributed by atoms with Crippen molar-refractivity contribution in [3.05, 3.63) is 107 Å². The van der Waals surface area contributed by atoms with Crippen LogP contribution in [0.1, 0.15) is 28.4 Å². The molecule has 0 aromatic heterocycles. The summed E-state index contributed by atoms with van der Waals surface area (Å²) in [5, 5.41) is 11.9. The van der Waals surface area contributed by atoms with Gasteiger partial charge in [0.05, 0.1) is 0 Å². The van der Waals surface area contributed by atoms with Gasteiger partial charge in [-0.05, 0) is 52.9 Å². The highest BCUT2D eigenvalue weighted by atomic mass is 17.1. The fourth-order valence-corrected chi connectivity index (χ4v) is 3.45. The van der Waals surface area contributed by atoms with E-state index in [1.807, 2.05) is 43.3 Å². The summed E-state index contributed by atoms with van der Waals surface area (Å²) < 4.78 is 0. The van der Waals surface area contributed by atoms with E-state index in [1.165, 1.54) is 27.5 Å². The first-order chi connectivity index (χ1) is 13.1. The van der Waals surface area contributed by atoms with Crippen molar-refractivity contribution in [2.75, 3.05) is 0 Å².